The molecule has 1 atom stereocenters. The van der Waals surface area contributed by atoms with Crippen molar-refractivity contribution in [3.63, 3.8) is 0 Å². The average Bonchev–Trinajstić information content (AvgIpc) is 3.02. The van der Waals surface area contributed by atoms with Crippen LogP contribution in [-0.4, -0.2) is 34.5 Å². The smallest absolute Gasteiger partial charge is 0.277 e. The largest absolute Gasteiger partial charge is 0.308 e. The van der Waals surface area contributed by atoms with Gasteiger partial charge in [0.25, 0.3) is 17.5 Å². The number of halogens is 1. The van der Waals surface area contributed by atoms with E-state index >= 15 is 0 Å². The number of Topliss-reactive ketones (excluding diaryl/α,β-unsaturated/α-hetero) is 1. The molecule has 0 spiro atoms. The van der Waals surface area contributed by atoms with Crippen LogP contribution >= 0.6 is 15.9 Å². The number of anilines is 1. The molecule has 0 radical (unpaired) electrons. The minimum Gasteiger partial charge on any atom is -0.308 e. The second-order valence-corrected chi connectivity index (χ2v) is 10.7. The van der Waals surface area contributed by atoms with E-state index in [1.54, 1.807) is 17.0 Å². The van der Waals surface area contributed by atoms with Gasteiger partial charge in [-0.05, 0) is 41.7 Å². The van der Waals surface area contributed by atoms with Gasteiger partial charge in [0.2, 0.25) is 0 Å². The molecule has 0 saturated carbocycles. The van der Waals surface area contributed by atoms with E-state index in [9.17, 15) is 24.5 Å². The van der Waals surface area contributed by atoms with E-state index in [0.717, 1.165) is 9.37 Å². The third kappa shape index (κ3) is 3.61. The quantitative estimate of drug-likeness (QED) is 0.316. The summed E-state index contributed by atoms with van der Waals surface area (Å²) in [6, 6.07) is 13.2. The molecule has 5 rings (SSSR count). The van der Waals surface area contributed by atoms with Crippen LogP contribution in [0.2, 0.25) is 0 Å². The number of nitro benzene ring substituents is 1. The van der Waals surface area contributed by atoms with Crippen molar-refractivity contribution in [1.29, 1.82) is 0 Å². The highest BCUT2D eigenvalue weighted by Crippen LogP contribution is 2.53. The van der Waals surface area contributed by atoms with Gasteiger partial charge in [0.05, 0.1) is 10.5 Å². The van der Waals surface area contributed by atoms with Crippen molar-refractivity contribution in [3.8, 4) is 0 Å². The van der Waals surface area contributed by atoms with Gasteiger partial charge in [-0.15, -0.1) is 0 Å². The normalized spacial score (nSPS) is 21.5. The molecule has 9 heteroatoms. The summed E-state index contributed by atoms with van der Waals surface area (Å²) in [5.74, 6) is -1.79. The number of benzene rings is 2. The van der Waals surface area contributed by atoms with E-state index in [4.69, 9.17) is 0 Å². The number of carbonyl (C=O) groups is 3. The monoisotopic (exact) mass is 535 g/mol. The number of rotatable bonds is 3. The average molecular weight is 536 g/mol. The lowest BCUT2D eigenvalue weighted by molar-refractivity contribution is -0.384. The SMILES string of the molecule is CN1C(=O)C2=C(C1=O)N(c1ccc(Br)cc1)C1=C(C(=O)CC(C)(C)C1)C2c1ccc([N+](=O)[O-])cc1. The van der Waals surface area contributed by atoms with Crippen LogP contribution in [0.5, 0.6) is 0 Å². The first kappa shape index (κ1) is 23.2. The van der Waals surface area contributed by atoms with Crippen molar-refractivity contribution in [1.82, 2.24) is 4.90 Å². The van der Waals surface area contributed by atoms with Gasteiger partial charge < -0.3 is 4.90 Å². The highest BCUT2D eigenvalue weighted by molar-refractivity contribution is 9.10. The molecule has 2 amide bonds. The molecule has 3 aliphatic rings. The minimum absolute atomic E-state index is 0.0912. The van der Waals surface area contributed by atoms with Crippen LogP contribution in [0.3, 0.4) is 0 Å². The second kappa shape index (κ2) is 7.98. The molecule has 35 heavy (non-hydrogen) atoms. The van der Waals surface area contributed by atoms with Crippen LogP contribution in [0.25, 0.3) is 0 Å². The van der Waals surface area contributed by atoms with Crippen molar-refractivity contribution in [3.05, 3.63) is 91.2 Å². The lowest BCUT2D eigenvalue weighted by Crippen LogP contribution is -2.41. The summed E-state index contributed by atoms with van der Waals surface area (Å²) < 4.78 is 0.858. The molecule has 0 N–H and O–H groups in total. The number of likely N-dealkylation sites (N-methyl/N-ethyl adjacent to an activating group) is 1. The van der Waals surface area contributed by atoms with Gasteiger partial charge in [-0.2, -0.15) is 0 Å². The van der Waals surface area contributed by atoms with E-state index in [1.807, 2.05) is 38.1 Å². The molecule has 8 nitrogen and oxygen atoms in total. The molecule has 0 saturated heterocycles. The predicted molar refractivity (Wildman–Crippen MR) is 132 cm³/mol. The number of amides is 2. The third-order valence-corrected chi connectivity index (χ3v) is 7.32. The third-order valence-electron chi connectivity index (χ3n) is 6.79. The molecule has 2 aromatic rings. The van der Waals surface area contributed by atoms with Gasteiger partial charge in [-0.3, -0.25) is 29.4 Å². The van der Waals surface area contributed by atoms with Crippen LogP contribution in [0.1, 0.15) is 38.2 Å². The van der Waals surface area contributed by atoms with Crippen molar-refractivity contribution < 1.29 is 19.3 Å². The number of carbonyl (C=O) groups excluding carboxylic acids is 3. The van der Waals surface area contributed by atoms with Gasteiger partial charge in [0.15, 0.2) is 5.78 Å². The zero-order chi connectivity index (χ0) is 25.2. The first-order valence-corrected chi connectivity index (χ1v) is 11.9. The summed E-state index contributed by atoms with van der Waals surface area (Å²) in [6.07, 6.45) is 0.819. The number of ketones is 1. The lowest BCUT2D eigenvalue weighted by atomic mass is 9.68. The molecule has 178 valence electrons. The Morgan fingerprint density at radius 1 is 0.943 bits per heavy atom. The topological polar surface area (TPSA) is 101 Å². The molecule has 2 heterocycles. The Balaban J connectivity index is 1.81. The molecule has 2 aliphatic heterocycles. The van der Waals surface area contributed by atoms with Gasteiger partial charge in [0.1, 0.15) is 5.70 Å². The number of allylic oxidation sites excluding steroid dienone is 2. The van der Waals surface area contributed by atoms with Crippen LogP contribution in [-0.2, 0) is 14.4 Å². The van der Waals surface area contributed by atoms with Crippen LogP contribution in [0.4, 0.5) is 11.4 Å². The molecule has 1 unspecified atom stereocenters. The Morgan fingerprint density at radius 3 is 2.17 bits per heavy atom. The van der Waals surface area contributed by atoms with Crippen molar-refractivity contribution in [2.45, 2.75) is 32.6 Å². The number of imide groups is 1. The Bertz CT molecular complexity index is 1370. The van der Waals surface area contributed by atoms with E-state index in [0.29, 0.717) is 35.4 Å². The maximum Gasteiger partial charge on any atom is 0.277 e. The van der Waals surface area contributed by atoms with E-state index in [1.165, 1.54) is 19.2 Å². The Labute approximate surface area is 210 Å². The van der Waals surface area contributed by atoms with Gasteiger partial charge in [-0.1, -0.05) is 41.9 Å². The maximum atomic E-state index is 13.7. The second-order valence-electron chi connectivity index (χ2n) is 9.83. The standard InChI is InChI=1S/C26H22BrN3O5/c1-26(2)12-18-21(19(31)13-26)20(14-4-8-17(9-5-14)30(34)35)22-23(25(33)28(3)24(22)32)29(18)16-10-6-15(27)7-11-16/h4-11,20H,12-13H2,1-3H3. The van der Waals surface area contributed by atoms with E-state index in [-0.39, 0.29) is 28.2 Å². The maximum absolute atomic E-state index is 13.7. The zero-order valence-electron chi connectivity index (χ0n) is 19.4. The number of hydrogen-bond acceptors (Lipinski definition) is 6. The Kier molecular flexibility index (Phi) is 5.28. The molecule has 0 bridgehead atoms. The van der Waals surface area contributed by atoms with Crippen molar-refractivity contribution in [2.24, 2.45) is 5.41 Å². The van der Waals surface area contributed by atoms with Gasteiger partial charge >= 0.3 is 0 Å². The van der Waals surface area contributed by atoms with Crippen molar-refractivity contribution >= 4 is 44.9 Å². The highest BCUT2D eigenvalue weighted by Gasteiger charge is 2.52. The molecular weight excluding hydrogens is 514 g/mol. The summed E-state index contributed by atoms with van der Waals surface area (Å²) in [5.41, 5.74) is 2.41. The molecule has 1 aliphatic carbocycles. The molecule has 2 aromatic carbocycles. The fourth-order valence-corrected chi connectivity index (χ4v) is 5.49. The van der Waals surface area contributed by atoms with Gasteiger partial charge in [-0.25, -0.2) is 0 Å². The summed E-state index contributed by atoms with van der Waals surface area (Å²) in [7, 11) is 1.43. The molecular formula is C26H22BrN3O5. The summed E-state index contributed by atoms with van der Waals surface area (Å²) in [4.78, 5) is 54.1. The van der Waals surface area contributed by atoms with Crippen LogP contribution in [0, 0.1) is 15.5 Å². The first-order valence-electron chi connectivity index (χ1n) is 11.1. The van der Waals surface area contributed by atoms with E-state index < -0.39 is 22.7 Å². The number of non-ortho nitro benzene ring substituents is 1. The number of nitrogens with zero attached hydrogens (tertiary/aromatic N) is 3. The fourth-order valence-electron chi connectivity index (χ4n) is 5.23. The van der Waals surface area contributed by atoms with Gasteiger partial charge in [0, 0.05) is 52.9 Å². The summed E-state index contributed by atoms with van der Waals surface area (Å²) >= 11 is 3.44. The highest BCUT2D eigenvalue weighted by atomic mass is 79.9. The fraction of sp³-hybridized carbons (Fsp3) is 0.269. The Morgan fingerprint density at radius 2 is 1.57 bits per heavy atom. The summed E-state index contributed by atoms with van der Waals surface area (Å²) in [6.45, 7) is 4.01. The van der Waals surface area contributed by atoms with Crippen molar-refractivity contribution in [2.75, 3.05) is 11.9 Å². The Hall–Kier alpha value is -3.59. The lowest BCUT2D eigenvalue weighted by Gasteiger charge is -2.43. The van der Waals surface area contributed by atoms with Crippen LogP contribution < -0.4 is 4.90 Å². The number of nitro groups is 1. The van der Waals surface area contributed by atoms with E-state index in [2.05, 4.69) is 15.9 Å². The van der Waals surface area contributed by atoms with Crippen LogP contribution in [0.15, 0.2) is 75.5 Å². The zero-order valence-corrected chi connectivity index (χ0v) is 21.0. The molecule has 0 fully saturated rings. The first-order chi connectivity index (χ1) is 16.5. The summed E-state index contributed by atoms with van der Waals surface area (Å²) in [5, 5.41) is 11.2. The predicted octanol–water partition coefficient (Wildman–Crippen LogP) is 4.86. The number of hydrogen-bond donors (Lipinski definition) is 0. The molecule has 0 aromatic heterocycles. The minimum atomic E-state index is -0.780.